The highest BCUT2D eigenvalue weighted by Crippen LogP contribution is 2.29. The summed E-state index contributed by atoms with van der Waals surface area (Å²) in [6.45, 7) is 4.29. The number of morpholine rings is 1. The van der Waals surface area contributed by atoms with Gasteiger partial charge >= 0.3 is 0 Å². The maximum absolute atomic E-state index is 8.79. The van der Waals surface area contributed by atoms with E-state index in [-0.39, 0.29) is 0 Å². The Morgan fingerprint density at radius 1 is 1.21 bits per heavy atom. The van der Waals surface area contributed by atoms with E-state index in [4.69, 9.17) is 10.00 Å². The van der Waals surface area contributed by atoms with E-state index >= 15 is 0 Å². The van der Waals surface area contributed by atoms with Gasteiger partial charge < -0.3 is 20.3 Å². The molecule has 2 N–H and O–H groups in total. The van der Waals surface area contributed by atoms with Gasteiger partial charge in [0, 0.05) is 48.8 Å². The predicted octanol–water partition coefficient (Wildman–Crippen LogP) is 3.42. The number of nitrogens with zero attached hydrogens (tertiary/aromatic N) is 4. The number of allylic oxidation sites excluding steroid dienone is 1. The third-order valence-electron chi connectivity index (χ3n) is 4.91. The lowest BCUT2D eigenvalue weighted by Crippen LogP contribution is -2.36. The second-order valence-electron chi connectivity index (χ2n) is 7.06. The van der Waals surface area contributed by atoms with E-state index in [9.17, 15) is 0 Å². The Hall–Kier alpha value is -3.11. The topological polar surface area (TPSA) is 86.1 Å². The first-order valence-corrected chi connectivity index (χ1v) is 9.69. The molecule has 0 bridgehead atoms. The SMILES string of the molecule is N#C/C=C/c1cnc(Nc2ccc(N3CCOCC3)cc2)nc1NCC1CC1. The number of aromatic nitrogens is 2. The van der Waals surface area contributed by atoms with Crippen molar-refractivity contribution in [3.05, 3.63) is 42.1 Å². The molecule has 2 aromatic rings. The van der Waals surface area contributed by atoms with Crippen LogP contribution in [0.15, 0.2) is 36.5 Å². The lowest BCUT2D eigenvalue weighted by atomic mass is 10.2. The number of anilines is 4. The number of hydrogen-bond donors (Lipinski definition) is 2. The third kappa shape index (κ3) is 4.78. The van der Waals surface area contributed by atoms with Crippen molar-refractivity contribution in [1.82, 2.24) is 9.97 Å². The van der Waals surface area contributed by atoms with Crippen molar-refractivity contribution in [1.29, 1.82) is 5.26 Å². The average molecular weight is 376 g/mol. The maximum Gasteiger partial charge on any atom is 0.229 e. The van der Waals surface area contributed by atoms with Crippen LogP contribution >= 0.6 is 0 Å². The minimum Gasteiger partial charge on any atom is -0.378 e. The molecule has 2 heterocycles. The normalized spacial score (nSPS) is 16.8. The molecule has 1 aliphatic heterocycles. The molecule has 1 saturated heterocycles. The van der Waals surface area contributed by atoms with Crippen molar-refractivity contribution in [2.75, 3.05) is 48.4 Å². The molecule has 0 spiro atoms. The van der Waals surface area contributed by atoms with Crippen molar-refractivity contribution in [3.63, 3.8) is 0 Å². The summed E-state index contributed by atoms with van der Waals surface area (Å²) in [5.41, 5.74) is 2.94. The number of nitriles is 1. The summed E-state index contributed by atoms with van der Waals surface area (Å²) in [6, 6.07) is 10.3. The van der Waals surface area contributed by atoms with Crippen molar-refractivity contribution < 1.29 is 4.74 Å². The molecule has 7 heteroatoms. The summed E-state index contributed by atoms with van der Waals surface area (Å²) < 4.78 is 5.41. The van der Waals surface area contributed by atoms with Crippen LogP contribution in [0.1, 0.15) is 18.4 Å². The number of hydrogen-bond acceptors (Lipinski definition) is 7. The van der Waals surface area contributed by atoms with Crippen LogP contribution in [-0.2, 0) is 4.74 Å². The van der Waals surface area contributed by atoms with Crippen LogP contribution < -0.4 is 15.5 Å². The Morgan fingerprint density at radius 3 is 2.71 bits per heavy atom. The van der Waals surface area contributed by atoms with Crippen molar-refractivity contribution in [2.24, 2.45) is 5.92 Å². The van der Waals surface area contributed by atoms with Gasteiger partial charge in [-0.3, -0.25) is 0 Å². The molecule has 0 atom stereocenters. The van der Waals surface area contributed by atoms with Gasteiger partial charge in [-0.1, -0.05) is 0 Å². The van der Waals surface area contributed by atoms with Gasteiger partial charge in [-0.15, -0.1) is 0 Å². The van der Waals surface area contributed by atoms with E-state index in [1.807, 2.05) is 18.2 Å². The van der Waals surface area contributed by atoms with Crippen LogP contribution in [0.25, 0.3) is 6.08 Å². The summed E-state index contributed by atoms with van der Waals surface area (Å²) in [6.07, 6.45) is 7.44. The van der Waals surface area contributed by atoms with Crippen LogP contribution in [-0.4, -0.2) is 42.8 Å². The lowest BCUT2D eigenvalue weighted by molar-refractivity contribution is 0.122. The van der Waals surface area contributed by atoms with Gasteiger partial charge in [0.25, 0.3) is 0 Å². The zero-order chi connectivity index (χ0) is 19.2. The van der Waals surface area contributed by atoms with Crippen molar-refractivity contribution in [3.8, 4) is 6.07 Å². The predicted molar refractivity (Wildman–Crippen MR) is 111 cm³/mol. The van der Waals surface area contributed by atoms with Gasteiger partial charge in [-0.05, 0) is 49.1 Å². The van der Waals surface area contributed by atoms with E-state index in [2.05, 4.69) is 37.6 Å². The second-order valence-corrected chi connectivity index (χ2v) is 7.06. The Labute approximate surface area is 165 Å². The highest BCUT2D eigenvalue weighted by Gasteiger charge is 2.21. The summed E-state index contributed by atoms with van der Waals surface area (Å²) in [5, 5.41) is 15.5. The average Bonchev–Trinajstić information content (AvgIpc) is 3.57. The van der Waals surface area contributed by atoms with Crippen LogP contribution in [0, 0.1) is 17.2 Å². The Morgan fingerprint density at radius 2 is 2.00 bits per heavy atom. The monoisotopic (exact) mass is 376 g/mol. The van der Waals surface area contributed by atoms with Crippen molar-refractivity contribution in [2.45, 2.75) is 12.8 Å². The van der Waals surface area contributed by atoms with Crippen LogP contribution in [0.2, 0.25) is 0 Å². The van der Waals surface area contributed by atoms with E-state index in [0.29, 0.717) is 5.95 Å². The molecule has 0 unspecified atom stereocenters. The van der Waals surface area contributed by atoms with Gasteiger partial charge in [-0.25, -0.2) is 4.98 Å². The minimum absolute atomic E-state index is 0.534. The molecular formula is C21H24N6O. The van der Waals surface area contributed by atoms with E-state index in [0.717, 1.165) is 55.8 Å². The molecule has 1 saturated carbocycles. The third-order valence-corrected chi connectivity index (χ3v) is 4.91. The fourth-order valence-corrected chi connectivity index (χ4v) is 3.11. The summed E-state index contributed by atoms with van der Waals surface area (Å²) >= 11 is 0. The number of nitrogens with one attached hydrogen (secondary N) is 2. The maximum atomic E-state index is 8.79. The Balaban J connectivity index is 1.46. The van der Waals surface area contributed by atoms with Gasteiger partial charge in [0.1, 0.15) is 5.82 Å². The van der Waals surface area contributed by atoms with Gasteiger partial charge in [0.05, 0.1) is 19.3 Å². The molecule has 28 heavy (non-hydrogen) atoms. The number of rotatable bonds is 7. The van der Waals surface area contributed by atoms with Crippen LogP contribution in [0.5, 0.6) is 0 Å². The van der Waals surface area contributed by atoms with E-state index < -0.39 is 0 Å². The molecule has 2 fully saturated rings. The molecule has 144 valence electrons. The fraction of sp³-hybridized carbons (Fsp3) is 0.381. The largest absolute Gasteiger partial charge is 0.378 e. The molecule has 2 aliphatic rings. The number of benzene rings is 1. The Bertz CT molecular complexity index is 863. The molecule has 0 amide bonds. The first kappa shape index (κ1) is 18.3. The molecule has 1 aromatic heterocycles. The highest BCUT2D eigenvalue weighted by atomic mass is 16.5. The molecule has 0 radical (unpaired) electrons. The number of ether oxygens (including phenoxy) is 1. The molecule has 1 aromatic carbocycles. The molecular weight excluding hydrogens is 352 g/mol. The zero-order valence-electron chi connectivity index (χ0n) is 15.8. The van der Waals surface area contributed by atoms with Crippen LogP contribution in [0.3, 0.4) is 0 Å². The summed E-state index contributed by atoms with van der Waals surface area (Å²) in [4.78, 5) is 11.3. The Kier molecular flexibility index (Phi) is 5.69. The second kappa shape index (κ2) is 8.72. The molecule has 4 rings (SSSR count). The standard InChI is InChI=1S/C21H24N6O/c22-9-1-2-17-15-24-21(26-20(17)23-14-16-3-4-16)25-18-5-7-19(8-6-18)27-10-12-28-13-11-27/h1-2,5-8,15-16H,3-4,10-14H2,(H2,23,24,25,26)/b2-1+. The van der Waals surface area contributed by atoms with Crippen LogP contribution in [0.4, 0.5) is 23.1 Å². The van der Waals surface area contributed by atoms with Gasteiger partial charge in [0.15, 0.2) is 0 Å². The van der Waals surface area contributed by atoms with E-state index in [1.165, 1.54) is 24.6 Å². The molecule has 7 nitrogen and oxygen atoms in total. The summed E-state index contributed by atoms with van der Waals surface area (Å²) in [7, 11) is 0. The lowest BCUT2D eigenvalue weighted by Gasteiger charge is -2.28. The van der Waals surface area contributed by atoms with Gasteiger partial charge in [-0.2, -0.15) is 10.2 Å². The highest BCUT2D eigenvalue weighted by molar-refractivity contribution is 5.66. The zero-order valence-corrected chi connectivity index (χ0v) is 15.8. The summed E-state index contributed by atoms with van der Waals surface area (Å²) in [5.74, 6) is 2.01. The van der Waals surface area contributed by atoms with Crippen molar-refractivity contribution >= 4 is 29.2 Å². The first-order chi connectivity index (χ1) is 13.8. The van der Waals surface area contributed by atoms with E-state index in [1.54, 1.807) is 12.3 Å². The fourth-order valence-electron chi connectivity index (χ4n) is 3.11. The van der Waals surface area contributed by atoms with Gasteiger partial charge in [0.2, 0.25) is 5.95 Å². The minimum atomic E-state index is 0.534. The quantitative estimate of drug-likeness (QED) is 0.716. The first-order valence-electron chi connectivity index (χ1n) is 9.69. The smallest absolute Gasteiger partial charge is 0.229 e. The molecule has 1 aliphatic carbocycles.